The van der Waals surface area contributed by atoms with Crippen LogP contribution in [0, 0.1) is 0 Å². The SMILES string of the molecule is CCn1c(SCc2cccc(Br)c2)nnc1C1CC1. The highest BCUT2D eigenvalue weighted by molar-refractivity contribution is 9.10. The zero-order valence-corrected chi connectivity index (χ0v) is 13.2. The molecule has 0 unspecified atom stereocenters. The molecule has 1 aliphatic carbocycles. The molecule has 5 heteroatoms. The molecule has 0 radical (unpaired) electrons. The number of thioether (sulfide) groups is 1. The normalized spacial score (nSPS) is 14.8. The molecule has 3 rings (SSSR count). The summed E-state index contributed by atoms with van der Waals surface area (Å²) >= 11 is 5.27. The zero-order chi connectivity index (χ0) is 13.2. The van der Waals surface area contributed by atoms with Crippen molar-refractivity contribution in [1.29, 1.82) is 0 Å². The maximum atomic E-state index is 4.36. The van der Waals surface area contributed by atoms with Crippen LogP contribution in [-0.4, -0.2) is 14.8 Å². The molecule has 1 heterocycles. The van der Waals surface area contributed by atoms with E-state index in [0.717, 1.165) is 21.9 Å². The minimum absolute atomic E-state index is 0.660. The minimum atomic E-state index is 0.660. The Hall–Kier alpha value is -0.810. The summed E-state index contributed by atoms with van der Waals surface area (Å²) in [6.07, 6.45) is 2.54. The fourth-order valence-corrected chi connectivity index (χ4v) is 3.52. The Morgan fingerprint density at radius 2 is 2.21 bits per heavy atom. The molecule has 3 nitrogen and oxygen atoms in total. The average Bonchev–Trinajstić information content (AvgIpc) is 3.17. The summed E-state index contributed by atoms with van der Waals surface area (Å²) in [7, 11) is 0. The van der Waals surface area contributed by atoms with Gasteiger partial charge in [-0.1, -0.05) is 39.8 Å². The lowest BCUT2D eigenvalue weighted by Gasteiger charge is -2.06. The fraction of sp³-hybridized carbons (Fsp3) is 0.429. The quantitative estimate of drug-likeness (QED) is 0.765. The summed E-state index contributed by atoms with van der Waals surface area (Å²) in [6.45, 7) is 3.12. The molecular weight excluding hydrogens is 322 g/mol. The van der Waals surface area contributed by atoms with Crippen molar-refractivity contribution >= 4 is 27.7 Å². The van der Waals surface area contributed by atoms with Crippen LogP contribution >= 0.6 is 27.7 Å². The molecule has 19 heavy (non-hydrogen) atoms. The molecule has 1 fully saturated rings. The van der Waals surface area contributed by atoms with Gasteiger partial charge in [0.05, 0.1) is 0 Å². The third-order valence-corrected chi connectivity index (χ3v) is 4.79. The van der Waals surface area contributed by atoms with Crippen LogP contribution < -0.4 is 0 Å². The summed E-state index contributed by atoms with van der Waals surface area (Å²) in [5, 5.41) is 9.76. The first kappa shape index (κ1) is 13.2. The predicted octanol–water partition coefficient (Wildman–Crippen LogP) is 4.23. The highest BCUT2D eigenvalue weighted by atomic mass is 79.9. The van der Waals surface area contributed by atoms with Crippen LogP contribution in [0.25, 0.3) is 0 Å². The van der Waals surface area contributed by atoms with Crippen molar-refractivity contribution in [1.82, 2.24) is 14.8 Å². The number of halogens is 1. The zero-order valence-electron chi connectivity index (χ0n) is 10.8. The Kier molecular flexibility index (Phi) is 3.93. The second-order valence-electron chi connectivity index (χ2n) is 4.78. The van der Waals surface area contributed by atoms with E-state index >= 15 is 0 Å². The van der Waals surface area contributed by atoms with Gasteiger partial charge in [0.2, 0.25) is 0 Å². The van der Waals surface area contributed by atoms with Gasteiger partial charge in [0.15, 0.2) is 5.16 Å². The van der Waals surface area contributed by atoms with Crippen LogP contribution in [0.3, 0.4) is 0 Å². The first-order chi connectivity index (χ1) is 9.28. The van der Waals surface area contributed by atoms with E-state index in [9.17, 15) is 0 Å². The van der Waals surface area contributed by atoms with Crippen molar-refractivity contribution in [3.05, 3.63) is 40.1 Å². The molecule has 0 atom stereocenters. The topological polar surface area (TPSA) is 30.7 Å². The molecule has 0 saturated heterocycles. The van der Waals surface area contributed by atoms with Gasteiger partial charge < -0.3 is 4.57 Å². The van der Waals surface area contributed by atoms with Gasteiger partial charge >= 0.3 is 0 Å². The summed E-state index contributed by atoms with van der Waals surface area (Å²) in [5.41, 5.74) is 1.30. The van der Waals surface area contributed by atoms with Crippen molar-refractivity contribution in [3.8, 4) is 0 Å². The van der Waals surface area contributed by atoms with E-state index < -0.39 is 0 Å². The van der Waals surface area contributed by atoms with E-state index in [-0.39, 0.29) is 0 Å². The number of nitrogens with zero attached hydrogens (tertiary/aromatic N) is 3. The van der Waals surface area contributed by atoms with E-state index in [2.05, 4.69) is 55.8 Å². The van der Waals surface area contributed by atoms with Crippen LogP contribution in [-0.2, 0) is 12.3 Å². The largest absolute Gasteiger partial charge is 0.306 e. The van der Waals surface area contributed by atoms with Gasteiger partial charge in [-0.25, -0.2) is 0 Å². The molecule has 0 bridgehead atoms. The Morgan fingerprint density at radius 3 is 2.89 bits per heavy atom. The molecule has 2 aromatic rings. The van der Waals surface area contributed by atoms with Crippen molar-refractivity contribution in [2.24, 2.45) is 0 Å². The highest BCUT2D eigenvalue weighted by Crippen LogP contribution is 2.40. The molecule has 0 amide bonds. The van der Waals surface area contributed by atoms with Gasteiger partial charge in [-0.05, 0) is 37.5 Å². The lowest BCUT2D eigenvalue weighted by atomic mass is 10.2. The highest BCUT2D eigenvalue weighted by Gasteiger charge is 2.29. The van der Waals surface area contributed by atoms with Crippen molar-refractivity contribution < 1.29 is 0 Å². The van der Waals surface area contributed by atoms with E-state index in [4.69, 9.17) is 0 Å². The molecule has 0 spiro atoms. The summed E-state index contributed by atoms with van der Waals surface area (Å²) in [4.78, 5) is 0. The molecule has 100 valence electrons. The van der Waals surface area contributed by atoms with E-state index in [1.807, 2.05) is 6.07 Å². The van der Waals surface area contributed by atoms with Gasteiger partial charge in [-0.2, -0.15) is 0 Å². The van der Waals surface area contributed by atoms with Gasteiger partial charge in [-0.3, -0.25) is 0 Å². The number of aromatic nitrogens is 3. The van der Waals surface area contributed by atoms with E-state index in [1.165, 1.54) is 24.2 Å². The molecule has 0 N–H and O–H groups in total. The third-order valence-electron chi connectivity index (χ3n) is 3.26. The summed E-state index contributed by atoms with van der Waals surface area (Å²) < 4.78 is 3.39. The summed E-state index contributed by atoms with van der Waals surface area (Å²) in [6, 6.07) is 8.42. The third kappa shape index (κ3) is 3.03. The first-order valence-corrected chi connectivity index (χ1v) is 8.36. The van der Waals surface area contributed by atoms with Gasteiger partial charge in [0.1, 0.15) is 5.82 Å². The van der Waals surface area contributed by atoms with Crippen LogP contribution in [0.15, 0.2) is 33.9 Å². The van der Waals surface area contributed by atoms with Gasteiger partial charge in [0, 0.05) is 22.7 Å². The van der Waals surface area contributed by atoms with Crippen LogP contribution in [0.2, 0.25) is 0 Å². The Bertz CT molecular complexity index is 578. The number of hydrogen-bond acceptors (Lipinski definition) is 3. The Labute approximate surface area is 125 Å². The van der Waals surface area contributed by atoms with Crippen molar-refractivity contribution in [3.63, 3.8) is 0 Å². The van der Waals surface area contributed by atoms with Crippen molar-refractivity contribution in [2.75, 3.05) is 0 Å². The number of rotatable bonds is 5. The monoisotopic (exact) mass is 337 g/mol. The molecule has 1 aliphatic rings. The Morgan fingerprint density at radius 1 is 1.37 bits per heavy atom. The molecular formula is C14H16BrN3S. The molecule has 1 aromatic carbocycles. The van der Waals surface area contributed by atoms with E-state index in [0.29, 0.717) is 5.92 Å². The average molecular weight is 338 g/mol. The van der Waals surface area contributed by atoms with Crippen LogP contribution in [0.1, 0.15) is 37.1 Å². The standard InChI is InChI=1S/C14H16BrN3S/c1-2-18-13(11-6-7-11)16-17-14(18)19-9-10-4-3-5-12(15)8-10/h3-5,8,11H,2,6-7,9H2,1H3. The smallest absolute Gasteiger partial charge is 0.191 e. The van der Waals surface area contributed by atoms with Crippen LogP contribution in [0.4, 0.5) is 0 Å². The number of benzene rings is 1. The molecule has 1 saturated carbocycles. The maximum Gasteiger partial charge on any atom is 0.191 e. The fourth-order valence-electron chi connectivity index (χ4n) is 2.12. The second-order valence-corrected chi connectivity index (χ2v) is 6.64. The van der Waals surface area contributed by atoms with Crippen molar-refractivity contribution in [2.45, 2.75) is 43.1 Å². The van der Waals surface area contributed by atoms with Crippen LogP contribution in [0.5, 0.6) is 0 Å². The minimum Gasteiger partial charge on any atom is -0.306 e. The van der Waals surface area contributed by atoms with Gasteiger partial charge in [0.25, 0.3) is 0 Å². The second kappa shape index (κ2) is 5.67. The van der Waals surface area contributed by atoms with E-state index in [1.54, 1.807) is 11.8 Å². The first-order valence-electron chi connectivity index (χ1n) is 6.58. The summed E-state index contributed by atoms with van der Waals surface area (Å²) in [5.74, 6) is 2.77. The molecule has 0 aliphatic heterocycles. The maximum absolute atomic E-state index is 4.36. The lowest BCUT2D eigenvalue weighted by Crippen LogP contribution is -2.01. The lowest BCUT2D eigenvalue weighted by molar-refractivity contribution is 0.643. The number of hydrogen-bond donors (Lipinski definition) is 0. The predicted molar refractivity (Wildman–Crippen MR) is 81.4 cm³/mol. The Balaban J connectivity index is 1.73. The molecule has 1 aromatic heterocycles. The van der Waals surface area contributed by atoms with Gasteiger partial charge in [-0.15, -0.1) is 10.2 Å².